The molecule has 2 heterocycles. The fraction of sp³-hybridized carbons (Fsp3) is 0.0556. The van der Waals surface area contributed by atoms with Crippen LogP contribution >= 0.6 is 11.3 Å². The quantitative estimate of drug-likeness (QED) is 0.356. The van der Waals surface area contributed by atoms with E-state index >= 15 is 0 Å². The monoisotopic (exact) mass is 274 g/mol. The Morgan fingerprint density at radius 1 is 0.850 bits per heavy atom. The Morgan fingerprint density at radius 3 is 2.35 bits per heavy atom. The summed E-state index contributed by atoms with van der Waals surface area (Å²) in [4.78, 5) is 3.50. The first-order valence-corrected chi connectivity index (χ1v) is 7.62. The Bertz CT molecular complexity index is 1100. The van der Waals surface area contributed by atoms with Crippen LogP contribution in [-0.4, -0.2) is 0 Å². The Kier molecular flexibility index (Phi) is 1.83. The minimum Gasteiger partial charge on any atom is -0.210 e. The van der Waals surface area contributed by atoms with Crippen molar-refractivity contribution in [3.05, 3.63) is 54.2 Å². The number of hydrogen-bond donors (Lipinski definition) is 0. The molecule has 2 aromatic heterocycles. The molecular weight excluding hydrogens is 262 g/mol. The van der Waals surface area contributed by atoms with E-state index in [1.165, 1.54) is 47.4 Å². The molecule has 1 N–H and O–H groups in total. The van der Waals surface area contributed by atoms with Crippen LogP contribution in [0.5, 0.6) is 0 Å². The maximum atomic E-state index is 3.50. The van der Waals surface area contributed by atoms with Gasteiger partial charge in [0, 0.05) is 25.7 Å². The van der Waals surface area contributed by atoms with Crippen molar-refractivity contribution in [3.63, 3.8) is 0 Å². The van der Waals surface area contributed by atoms with Crippen LogP contribution in [0, 0.1) is 6.92 Å². The van der Waals surface area contributed by atoms with Gasteiger partial charge in [0.1, 0.15) is 0 Å². The first-order chi connectivity index (χ1) is 9.83. The normalized spacial score (nSPS) is 12.2. The number of nitrogens with one attached hydrogen (secondary N) is 1. The first kappa shape index (κ1) is 10.6. The highest BCUT2D eigenvalue weighted by Gasteiger charge is 2.18. The molecule has 0 aliphatic heterocycles. The van der Waals surface area contributed by atoms with Gasteiger partial charge in [-0.15, -0.1) is 11.3 Å². The lowest BCUT2D eigenvalue weighted by molar-refractivity contribution is -0.344. The predicted octanol–water partition coefficient (Wildman–Crippen LogP) is 4.92. The Balaban J connectivity index is 2.30. The van der Waals surface area contributed by atoms with Gasteiger partial charge >= 0.3 is 0 Å². The third-order valence-corrected chi connectivity index (χ3v) is 5.29. The molecule has 0 aliphatic rings. The Labute approximate surface area is 119 Å². The van der Waals surface area contributed by atoms with E-state index in [4.69, 9.17) is 0 Å². The van der Waals surface area contributed by atoms with Gasteiger partial charge in [-0.25, -0.2) is 4.98 Å². The van der Waals surface area contributed by atoms with Gasteiger partial charge in [-0.05, 0) is 36.6 Å². The van der Waals surface area contributed by atoms with Gasteiger partial charge < -0.3 is 0 Å². The number of pyridine rings is 1. The van der Waals surface area contributed by atoms with Gasteiger partial charge in [-0.2, -0.15) is 0 Å². The lowest BCUT2D eigenvalue weighted by atomic mass is 9.97. The molecule has 5 rings (SSSR count). The van der Waals surface area contributed by atoms with Crippen LogP contribution in [0.4, 0.5) is 0 Å². The second-order valence-corrected chi connectivity index (χ2v) is 6.51. The topological polar surface area (TPSA) is 14.1 Å². The van der Waals surface area contributed by atoms with E-state index in [0.29, 0.717) is 0 Å². The summed E-state index contributed by atoms with van der Waals surface area (Å²) in [6.45, 7) is 2.14. The van der Waals surface area contributed by atoms with Crippen LogP contribution in [0.1, 0.15) is 5.56 Å². The summed E-state index contributed by atoms with van der Waals surface area (Å²) in [6, 6.07) is 15.6. The summed E-state index contributed by atoms with van der Waals surface area (Å²) in [7, 11) is 0. The highest BCUT2D eigenvalue weighted by atomic mass is 32.1. The van der Waals surface area contributed by atoms with E-state index in [1.807, 2.05) is 11.3 Å². The first-order valence-electron chi connectivity index (χ1n) is 6.80. The summed E-state index contributed by atoms with van der Waals surface area (Å²) in [5, 5.41) is 6.86. The molecule has 0 saturated heterocycles. The third-order valence-electron chi connectivity index (χ3n) is 4.17. The molecule has 0 amide bonds. The van der Waals surface area contributed by atoms with Gasteiger partial charge in [0.25, 0.3) is 0 Å². The van der Waals surface area contributed by atoms with Crippen LogP contribution < -0.4 is 4.98 Å². The van der Waals surface area contributed by atoms with Crippen molar-refractivity contribution >= 4 is 53.2 Å². The summed E-state index contributed by atoms with van der Waals surface area (Å²) < 4.78 is 2.77. The number of H-pyrrole nitrogens is 1. The zero-order chi connectivity index (χ0) is 13.3. The molecule has 0 atom stereocenters. The van der Waals surface area contributed by atoms with Crippen molar-refractivity contribution in [2.24, 2.45) is 0 Å². The SMILES string of the molecule is Cc1c[nH+]c2c(c1)c1cccc3sc4cccc2c4c31. The van der Waals surface area contributed by atoms with Gasteiger partial charge in [0.2, 0.25) is 5.52 Å². The molecule has 3 aromatic carbocycles. The van der Waals surface area contributed by atoms with Crippen LogP contribution in [0.2, 0.25) is 0 Å². The van der Waals surface area contributed by atoms with Crippen molar-refractivity contribution in [2.75, 3.05) is 0 Å². The highest BCUT2D eigenvalue weighted by Crippen LogP contribution is 2.43. The van der Waals surface area contributed by atoms with E-state index in [-0.39, 0.29) is 0 Å². The molecule has 1 nitrogen and oxygen atoms in total. The maximum Gasteiger partial charge on any atom is 0.219 e. The molecule has 0 fully saturated rings. The average molecular weight is 274 g/mol. The van der Waals surface area contributed by atoms with Gasteiger partial charge in [0.15, 0.2) is 6.20 Å². The van der Waals surface area contributed by atoms with E-state index in [2.05, 4.69) is 60.6 Å². The van der Waals surface area contributed by atoms with E-state index in [9.17, 15) is 0 Å². The molecule has 94 valence electrons. The third kappa shape index (κ3) is 1.15. The molecular formula is C18H12NS+. The number of aromatic nitrogens is 1. The number of fused-ring (bicyclic) bond motifs is 3. The zero-order valence-corrected chi connectivity index (χ0v) is 11.8. The van der Waals surface area contributed by atoms with Crippen molar-refractivity contribution < 1.29 is 4.98 Å². The standard InChI is InChI=1S/C18H11NS/c1-10-8-13-11-4-2-6-14-16(11)17-12(18(13)19-9-10)5-3-7-15(17)20-14/h2-9H,1H3/p+1. The summed E-state index contributed by atoms with van der Waals surface area (Å²) in [5.74, 6) is 0. The zero-order valence-electron chi connectivity index (χ0n) is 11.0. The molecule has 2 heteroatoms. The molecule has 0 aliphatic carbocycles. The minimum absolute atomic E-state index is 1.25. The summed E-state index contributed by atoms with van der Waals surface area (Å²) in [5.41, 5.74) is 2.52. The van der Waals surface area contributed by atoms with Crippen molar-refractivity contribution in [1.29, 1.82) is 0 Å². The molecule has 20 heavy (non-hydrogen) atoms. The summed E-state index contributed by atoms with van der Waals surface area (Å²) >= 11 is 1.89. The molecule has 0 saturated carbocycles. The fourth-order valence-electron chi connectivity index (χ4n) is 3.34. The van der Waals surface area contributed by atoms with Crippen molar-refractivity contribution in [1.82, 2.24) is 0 Å². The molecule has 0 radical (unpaired) electrons. The van der Waals surface area contributed by atoms with Crippen LogP contribution in [-0.2, 0) is 0 Å². The Hall–Kier alpha value is -2.19. The lowest BCUT2D eigenvalue weighted by Gasteiger charge is -2.05. The highest BCUT2D eigenvalue weighted by molar-refractivity contribution is 7.26. The molecule has 0 unspecified atom stereocenters. The van der Waals surface area contributed by atoms with E-state index < -0.39 is 0 Å². The average Bonchev–Trinajstić information content (AvgIpc) is 2.85. The number of rotatable bonds is 0. The van der Waals surface area contributed by atoms with Crippen LogP contribution in [0.3, 0.4) is 0 Å². The van der Waals surface area contributed by atoms with Crippen LogP contribution in [0.15, 0.2) is 48.7 Å². The van der Waals surface area contributed by atoms with Crippen LogP contribution in [0.25, 0.3) is 41.8 Å². The lowest BCUT2D eigenvalue weighted by Crippen LogP contribution is -2.04. The number of aryl methyl sites for hydroxylation is 1. The molecule has 5 aromatic rings. The number of benzene rings is 3. The van der Waals surface area contributed by atoms with E-state index in [0.717, 1.165) is 0 Å². The second kappa shape index (κ2) is 3.47. The van der Waals surface area contributed by atoms with Crippen molar-refractivity contribution in [2.45, 2.75) is 6.92 Å². The van der Waals surface area contributed by atoms with Gasteiger partial charge in [-0.1, -0.05) is 18.2 Å². The smallest absolute Gasteiger partial charge is 0.210 e. The fourth-order valence-corrected chi connectivity index (χ4v) is 4.50. The summed E-state index contributed by atoms with van der Waals surface area (Å²) in [6.07, 6.45) is 2.09. The van der Waals surface area contributed by atoms with Gasteiger partial charge in [-0.3, -0.25) is 0 Å². The van der Waals surface area contributed by atoms with Crippen molar-refractivity contribution in [3.8, 4) is 0 Å². The predicted molar refractivity (Wildman–Crippen MR) is 86.8 cm³/mol. The van der Waals surface area contributed by atoms with E-state index in [1.54, 1.807) is 0 Å². The maximum absolute atomic E-state index is 3.50. The number of hydrogen-bond acceptors (Lipinski definition) is 1. The number of aromatic amines is 1. The molecule has 0 spiro atoms. The minimum atomic E-state index is 1.25. The number of thiophene rings is 1. The second-order valence-electron chi connectivity index (χ2n) is 5.43. The molecule has 0 bridgehead atoms. The Morgan fingerprint density at radius 2 is 1.55 bits per heavy atom. The largest absolute Gasteiger partial charge is 0.219 e. The van der Waals surface area contributed by atoms with Gasteiger partial charge in [0.05, 0.1) is 10.8 Å².